The van der Waals surface area contributed by atoms with Gasteiger partial charge in [-0.15, -0.1) is 0 Å². The molecule has 0 unspecified atom stereocenters. The predicted molar refractivity (Wildman–Crippen MR) is 73.8 cm³/mol. The van der Waals surface area contributed by atoms with E-state index < -0.39 is 5.97 Å². The third-order valence-corrected chi connectivity index (χ3v) is 3.07. The van der Waals surface area contributed by atoms with Gasteiger partial charge in [0, 0.05) is 0 Å². The van der Waals surface area contributed by atoms with E-state index in [0.29, 0.717) is 41.0 Å². The van der Waals surface area contributed by atoms with Crippen molar-refractivity contribution in [1.82, 2.24) is 0 Å². The van der Waals surface area contributed by atoms with E-state index in [0.717, 1.165) is 0 Å². The van der Waals surface area contributed by atoms with Crippen LogP contribution >= 0.6 is 11.6 Å². The first-order chi connectivity index (χ1) is 9.74. The van der Waals surface area contributed by atoms with Crippen molar-refractivity contribution in [2.45, 2.75) is 0 Å². The lowest BCUT2D eigenvalue weighted by Gasteiger charge is -2.19. The maximum absolute atomic E-state index is 12.1. The van der Waals surface area contributed by atoms with Crippen molar-refractivity contribution in [2.75, 3.05) is 13.2 Å². The zero-order chi connectivity index (χ0) is 13.9. The molecule has 4 nitrogen and oxygen atoms in total. The molecular weight excluding hydrogens is 280 g/mol. The van der Waals surface area contributed by atoms with Gasteiger partial charge in [-0.05, 0) is 24.3 Å². The second-order valence-electron chi connectivity index (χ2n) is 4.18. The first kappa shape index (κ1) is 12.8. The average molecular weight is 291 g/mol. The Morgan fingerprint density at radius 2 is 1.85 bits per heavy atom. The van der Waals surface area contributed by atoms with E-state index in [2.05, 4.69) is 0 Å². The SMILES string of the molecule is O=C(Oc1ccccc1)c1cc(Cl)c2c(c1)OCCO2. The smallest absolute Gasteiger partial charge is 0.343 e. The number of benzene rings is 2. The first-order valence-corrected chi connectivity index (χ1v) is 6.48. The number of para-hydroxylation sites is 1. The molecule has 0 radical (unpaired) electrons. The summed E-state index contributed by atoms with van der Waals surface area (Å²) in [5.74, 6) is 0.913. The van der Waals surface area contributed by atoms with Gasteiger partial charge in [-0.3, -0.25) is 0 Å². The number of esters is 1. The Bertz CT molecular complexity index is 640. The number of rotatable bonds is 2. The molecule has 0 spiro atoms. The summed E-state index contributed by atoms with van der Waals surface area (Å²) < 4.78 is 16.1. The number of halogens is 1. The molecule has 2 aromatic carbocycles. The van der Waals surface area contributed by atoms with E-state index >= 15 is 0 Å². The van der Waals surface area contributed by atoms with Crippen molar-refractivity contribution in [3.05, 3.63) is 53.1 Å². The number of hydrogen-bond donors (Lipinski definition) is 0. The second kappa shape index (κ2) is 5.43. The van der Waals surface area contributed by atoms with Gasteiger partial charge in [0.15, 0.2) is 11.5 Å². The molecule has 0 N–H and O–H groups in total. The van der Waals surface area contributed by atoms with Gasteiger partial charge in [0.2, 0.25) is 0 Å². The summed E-state index contributed by atoms with van der Waals surface area (Å²) in [6.45, 7) is 0.876. The van der Waals surface area contributed by atoms with Gasteiger partial charge in [0.05, 0.1) is 10.6 Å². The fourth-order valence-electron chi connectivity index (χ4n) is 1.88. The van der Waals surface area contributed by atoms with Gasteiger partial charge in [0.25, 0.3) is 0 Å². The first-order valence-electron chi connectivity index (χ1n) is 6.10. The molecule has 0 bridgehead atoms. The molecule has 0 amide bonds. The summed E-state index contributed by atoms with van der Waals surface area (Å²) in [6.07, 6.45) is 0. The minimum absolute atomic E-state index is 0.322. The number of ether oxygens (including phenoxy) is 3. The maximum atomic E-state index is 12.1. The van der Waals surface area contributed by atoms with Crippen LogP contribution in [0.4, 0.5) is 0 Å². The highest BCUT2D eigenvalue weighted by Crippen LogP contribution is 2.38. The minimum Gasteiger partial charge on any atom is -0.486 e. The molecule has 102 valence electrons. The molecule has 1 aliphatic heterocycles. The maximum Gasteiger partial charge on any atom is 0.343 e. The van der Waals surface area contributed by atoms with Crippen molar-refractivity contribution in [3.8, 4) is 17.2 Å². The summed E-state index contributed by atoms with van der Waals surface area (Å²) in [5, 5.41) is 0.335. The normalized spacial score (nSPS) is 12.8. The molecule has 3 rings (SSSR count). The van der Waals surface area contributed by atoms with E-state index in [9.17, 15) is 4.79 Å². The zero-order valence-corrected chi connectivity index (χ0v) is 11.2. The number of fused-ring (bicyclic) bond motifs is 1. The Morgan fingerprint density at radius 1 is 1.10 bits per heavy atom. The Balaban J connectivity index is 1.87. The lowest BCUT2D eigenvalue weighted by atomic mass is 10.2. The topological polar surface area (TPSA) is 44.8 Å². The third kappa shape index (κ3) is 2.56. The number of hydrogen-bond acceptors (Lipinski definition) is 4. The van der Waals surface area contributed by atoms with E-state index in [-0.39, 0.29) is 0 Å². The lowest BCUT2D eigenvalue weighted by molar-refractivity contribution is 0.0733. The number of carbonyl (C=O) groups is 1. The van der Waals surface area contributed by atoms with Crippen LogP contribution in [0.3, 0.4) is 0 Å². The van der Waals surface area contributed by atoms with Crippen LogP contribution < -0.4 is 14.2 Å². The van der Waals surface area contributed by atoms with Gasteiger partial charge in [-0.2, -0.15) is 0 Å². The van der Waals surface area contributed by atoms with Gasteiger partial charge < -0.3 is 14.2 Å². The Hall–Kier alpha value is -2.20. The van der Waals surface area contributed by atoms with E-state index in [1.54, 1.807) is 30.3 Å². The highest BCUT2D eigenvalue weighted by atomic mass is 35.5. The highest BCUT2D eigenvalue weighted by Gasteiger charge is 2.20. The predicted octanol–water partition coefficient (Wildman–Crippen LogP) is 3.33. The third-order valence-electron chi connectivity index (χ3n) is 2.79. The number of carbonyl (C=O) groups excluding carboxylic acids is 1. The Kier molecular flexibility index (Phi) is 3.48. The van der Waals surface area contributed by atoms with E-state index in [1.807, 2.05) is 6.07 Å². The molecule has 20 heavy (non-hydrogen) atoms. The largest absolute Gasteiger partial charge is 0.486 e. The molecule has 1 heterocycles. The van der Waals surface area contributed by atoms with Crippen molar-refractivity contribution in [1.29, 1.82) is 0 Å². The zero-order valence-electron chi connectivity index (χ0n) is 10.5. The molecule has 5 heteroatoms. The molecule has 1 aliphatic rings. The monoisotopic (exact) mass is 290 g/mol. The summed E-state index contributed by atoms with van der Waals surface area (Å²) >= 11 is 6.08. The van der Waals surface area contributed by atoms with E-state index in [4.69, 9.17) is 25.8 Å². The van der Waals surface area contributed by atoms with Crippen LogP contribution in [0.2, 0.25) is 5.02 Å². The summed E-state index contributed by atoms with van der Waals surface area (Å²) in [7, 11) is 0. The standard InChI is InChI=1S/C15H11ClO4/c16-12-8-10(9-13-14(12)19-7-6-18-13)15(17)20-11-4-2-1-3-5-11/h1-5,8-9H,6-7H2. The fourth-order valence-corrected chi connectivity index (χ4v) is 2.15. The van der Waals surface area contributed by atoms with Gasteiger partial charge in [-0.25, -0.2) is 4.79 Å². The van der Waals surface area contributed by atoms with Gasteiger partial charge in [0.1, 0.15) is 19.0 Å². The van der Waals surface area contributed by atoms with Crippen LogP contribution in [-0.2, 0) is 0 Å². The summed E-state index contributed by atoms with van der Waals surface area (Å²) in [5.41, 5.74) is 0.322. The Labute approximate surface area is 120 Å². The lowest BCUT2D eigenvalue weighted by Crippen LogP contribution is -2.17. The van der Waals surface area contributed by atoms with Crippen molar-refractivity contribution in [3.63, 3.8) is 0 Å². The van der Waals surface area contributed by atoms with Gasteiger partial charge >= 0.3 is 5.97 Å². The molecule has 0 saturated heterocycles. The average Bonchev–Trinajstić information content (AvgIpc) is 2.48. The molecule has 0 saturated carbocycles. The van der Waals surface area contributed by atoms with Gasteiger partial charge in [-0.1, -0.05) is 29.8 Å². The fraction of sp³-hybridized carbons (Fsp3) is 0.133. The summed E-state index contributed by atoms with van der Waals surface area (Å²) in [6, 6.07) is 11.9. The molecule has 0 aliphatic carbocycles. The molecule has 0 fully saturated rings. The summed E-state index contributed by atoms with van der Waals surface area (Å²) in [4.78, 5) is 12.1. The minimum atomic E-state index is -0.491. The Morgan fingerprint density at radius 3 is 2.65 bits per heavy atom. The van der Waals surface area contributed by atoms with Crippen LogP contribution in [0.1, 0.15) is 10.4 Å². The van der Waals surface area contributed by atoms with Crippen LogP contribution in [0.15, 0.2) is 42.5 Å². The van der Waals surface area contributed by atoms with Crippen molar-refractivity contribution in [2.24, 2.45) is 0 Å². The second-order valence-corrected chi connectivity index (χ2v) is 4.59. The molecule has 0 atom stereocenters. The molecule has 0 aromatic heterocycles. The van der Waals surface area contributed by atoms with Crippen LogP contribution in [0.5, 0.6) is 17.2 Å². The van der Waals surface area contributed by atoms with Crippen molar-refractivity contribution >= 4 is 17.6 Å². The quantitative estimate of drug-likeness (QED) is 0.628. The van der Waals surface area contributed by atoms with Crippen LogP contribution in [0, 0.1) is 0 Å². The van der Waals surface area contributed by atoms with Crippen molar-refractivity contribution < 1.29 is 19.0 Å². The van der Waals surface area contributed by atoms with E-state index in [1.165, 1.54) is 6.07 Å². The van der Waals surface area contributed by atoms with Crippen LogP contribution in [0.25, 0.3) is 0 Å². The molecular formula is C15H11ClO4. The molecule has 2 aromatic rings. The van der Waals surface area contributed by atoms with Crippen LogP contribution in [-0.4, -0.2) is 19.2 Å². The highest BCUT2D eigenvalue weighted by molar-refractivity contribution is 6.32.